The Balaban J connectivity index is 2.12. The van der Waals surface area contributed by atoms with Crippen molar-refractivity contribution in [3.05, 3.63) is 59.5 Å². The fourth-order valence-electron chi connectivity index (χ4n) is 2.18. The van der Waals surface area contributed by atoms with Gasteiger partial charge in [-0.15, -0.1) is 0 Å². The average molecular weight is 286 g/mol. The lowest BCUT2D eigenvalue weighted by molar-refractivity contribution is 0.0708. The molecule has 0 bridgehead atoms. The van der Waals surface area contributed by atoms with Gasteiger partial charge in [-0.2, -0.15) is 0 Å². The molecule has 0 radical (unpaired) electrons. The summed E-state index contributed by atoms with van der Waals surface area (Å²) in [5.41, 5.74) is 6.68. The van der Waals surface area contributed by atoms with E-state index in [1.54, 1.807) is 11.0 Å². The maximum atomic E-state index is 12.6. The van der Waals surface area contributed by atoms with Crippen molar-refractivity contribution in [1.82, 2.24) is 4.90 Å². The number of hydrogen-bond donors (Lipinski definition) is 1. The first-order valence-corrected chi connectivity index (χ1v) is 7.36. The monoisotopic (exact) mass is 286 g/mol. The summed E-state index contributed by atoms with van der Waals surface area (Å²) in [4.78, 5) is 14.4. The molecule has 0 aliphatic rings. The third kappa shape index (κ3) is 4.20. The average Bonchev–Trinajstić information content (AvgIpc) is 3.00. The zero-order valence-corrected chi connectivity index (χ0v) is 12.4. The molecule has 2 N–H and O–H groups in total. The Morgan fingerprint density at radius 2 is 1.95 bits per heavy atom. The molecule has 0 atom stereocenters. The molecule has 0 aliphatic heterocycles. The zero-order valence-electron chi connectivity index (χ0n) is 12.4. The molecule has 2 rings (SSSR count). The van der Waals surface area contributed by atoms with E-state index in [-0.39, 0.29) is 5.91 Å². The minimum Gasteiger partial charge on any atom is -0.456 e. The van der Waals surface area contributed by atoms with Crippen molar-refractivity contribution in [2.45, 2.75) is 26.3 Å². The molecule has 4 heteroatoms. The van der Waals surface area contributed by atoms with Gasteiger partial charge in [-0.1, -0.05) is 37.3 Å². The van der Waals surface area contributed by atoms with Crippen molar-refractivity contribution in [3.63, 3.8) is 0 Å². The van der Waals surface area contributed by atoms with Gasteiger partial charge in [-0.3, -0.25) is 4.79 Å². The molecular weight excluding hydrogens is 264 g/mol. The highest BCUT2D eigenvalue weighted by Gasteiger charge is 2.19. The number of furan rings is 1. The Labute approximate surface area is 125 Å². The molecule has 112 valence electrons. The number of nitrogens with two attached hydrogens (primary N) is 1. The van der Waals surface area contributed by atoms with Crippen LogP contribution < -0.4 is 5.73 Å². The van der Waals surface area contributed by atoms with Gasteiger partial charge in [0.25, 0.3) is 5.91 Å². The fraction of sp³-hybridized carbons (Fsp3) is 0.353. The van der Waals surface area contributed by atoms with Crippen molar-refractivity contribution in [3.8, 4) is 0 Å². The van der Waals surface area contributed by atoms with Gasteiger partial charge in [0.15, 0.2) is 5.76 Å². The summed E-state index contributed by atoms with van der Waals surface area (Å²) in [6.07, 6.45) is 1.56. The van der Waals surface area contributed by atoms with E-state index in [9.17, 15) is 4.79 Å². The second-order valence-corrected chi connectivity index (χ2v) is 4.97. The summed E-state index contributed by atoms with van der Waals surface area (Å²) in [7, 11) is 0. The number of hydrogen-bond acceptors (Lipinski definition) is 3. The first kappa shape index (κ1) is 15.3. The summed E-state index contributed by atoms with van der Waals surface area (Å²) >= 11 is 0. The number of carbonyl (C=O) groups excluding carboxylic acids is 1. The van der Waals surface area contributed by atoms with E-state index in [1.807, 2.05) is 43.3 Å². The molecular formula is C17H22N2O2. The molecule has 1 amide bonds. The van der Waals surface area contributed by atoms with Crippen LogP contribution in [0.1, 0.15) is 35.2 Å². The molecule has 21 heavy (non-hydrogen) atoms. The normalized spacial score (nSPS) is 10.6. The van der Waals surface area contributed by atoms with Gasteiger partial charge in [-0.05, 0) is 30.7 Å². The summed E-state index contributed by atoms with van der Waals surface area (Å²) in [5.74, 6) is 1.16. The number of amides is 1. The second kappa shape index (κ2) is 7.64. The summed E-state index contributed by atoms with van der Waals surface area (Å²) in [5, 5.41) is 0. The van der Waals surface area contributed by atoms with Crippen LogP contribution in [-0.4, -0.2) is 23.9 Å². The maximum Gasteiger partial charge on any atom is 0.289 e. The topological polar surface area (TPSA) is 59.5 Å². The van der Waals surface area contributed by atoms with Gasteiger partial charge in [0.2, 0.25) is 0 Å². The van der Waals surface area contributed by atoms with Crippen LogP contribution >= 0.6 is 0 Å². The third-order valence-corrected chi connectivity index (χ3v) is 3.36. The van der Waals surface area contributed by atoms with Crippen LogP contribution in [0, 0.1) is 0 Å². The first-order chi connectivity index (χ1) is 10.2. The highest BCUT2D eigenvalue weighted by atomic mass is 16.4. The van der Waals surface area contributed by atoms with Crippen LogP contribution in [0.25, 0.3) is 0 Å². The van der Waals surface area contributed by atoms with Crippen LogP contribution in [-0.2, 0) is 13.0 Å². The van der Waals surface area contributed by atoms with Crippen LogP contribution in [0.2, 0.25) is 0 Å². The molecule has 4 nitrogen and oxygen atoms in total. The molecule has 1 aromatic heterocycles. The molecule has 0 aliphatic carbocycles. The lowest BCUT2D eigenvalue weighted by atomic mass is 10.2. The second-order valence-electron chi connectivity index (χ2n) is 4.97. The Morgan fingerprint density at radius 3 is 2.57 bits per heavy atom. The molecule has 2 aromatic rings. The van der Waals surface area contributed by atoms with E-state index in [0.29, 0.717) is 25.4 Å². The Bertz CT molecular complexity index is 563. The van der Waals surface area contributed by atoms with Gasteiger partial charge in [0.1, 0.15) is 5.76 Å². The van der Waals surface area contributed by atoms with Crippen molar-refractivity contribution in [2.24, 2.45) is 5.73 Å². The maximum absolute atomic E-state index is 12.6. The van der Waals surface area contributed by atoms with Crippen molar-refractivity contribution in [1.29, 1.82) is 0 Å². The van der Waals surface area contributed by atoms with Crippen LogP contribution in [0.5, 0.6) is 0 Å². The summed E-state index contributed by atoms with van der Waals surface area (Å²) in [6, 6.07) is 13.6. The Morgan fingerprint density at radius 1 is 1.19 bits per heavy atom. The predicted octanol–water partition coefficient (Wildman–Crippen LogP) is 2.83. The molecule has 0 unspecified atom stereocenters. The fourth-order valence-corrected chi connectivity index (χ4v) is 2.18. The van der Waals surface area contributed by atoms with Gasteiger partial charge in [0.05, 0.1) is 0 Å². The van der Waals surface area contributed by atoms with Crippen molar-refractivity contribution < 1.29 is 9.21 Å². The number of rotatable bonds is 7. The quantitative estimate of drug-likeness (QED) is 0.851. The largest absolute Gasteiger partial charge is 0.456 e. The minimum atomic E-state index is -0.0768. The lowest BCUT2D eigenvalue weighted by Crippen LogP contribution is -2.32. The van der Waals surface area contributed by atoms with E-state index in [1.165, 1.54) is 0 Å². The van der Waals surface area contributed by atoms with Crippen LogP contribution in [0.4, 0.5) is 0 Å². The van der Waals surface area contributed by atoms with E-state index < -0.39 is 0 Å². The summed E-state index contributed by atoms with van der Waals surface area (Å²) < 4.78 is 5.57. The minimum absolute atomic E-state index is 0.0768. The van der Waals surface area contributed by atoms with Crippen LogP contribution in [0.15, 0.2) is 46.9 Å². The highest BCUT2D eigenvalue weighted by molar-refractivity contribution is 5.91. The zero-order chi connectivity index (χ0) is 15.1. The lowest BCUT2D eigenvalue weighted by Gasteiger charge is -2.21. The molecule has 0 saturated heterocycles. The molecule has 0 saturated carbocycles. The number of benzene rings is 1. The van der Waals surface area contributed by atoms with E-state index >= 15 is 0 Å². The SMILES string of the molecule is CCc1ccc(C(=O)N(CCCN)Cc2ccccc2)o1. The third-order valence-electron chi connectivity index (χ3n) is 3.36. The van der Waals surface area contributed by atoms with E-state index in [0.717, 1.165) is 24.2 Å². The standard InChI is InChI=1S/C17H22N2O2/c1-2-15-9-10-16(21-15)17(20)19(12-6-11-18)13-14-7-4-3-5-8-14/h3-5,7-10H,2,6,11-13,18H2,1H3. The Kier molecular flexibility index (Phi) is 5.58. The molecule has 1 heterocycles. The number of aryl methyl sites for hydroxylation is 1. The number of nitrogens with zero attached hydrogens (tertiary/aromatic N) is 1. The smallest absolute Gasteiger partial charge is 0.289 e. The van der Waals surface area contributed by atoms with Gasteiger partial charge in [0, 0.05) is 19.5 Å². The molecule has 1 aromatic carbocycles. The summed E-state index contributed by atoms with van der Waals surface area (Å²) in [6.45, 7) is 3.77. The van der Waals surface area contributed by atoms with Crippen molar-refractivity contribution >= 4 is 5.91 Å². The predicted molar refractivity (Wildman–Crippen MR) is 82.9 cm³/mol. The molecule has 0 spiro atoms. The van der Waals surface area contributed by atoms with Gasteiger partial charge in [-0.25, -0.2) is 0 Å². The van der Waals surface area contributed by atoms with Gasteiger partial charge < -0.3 is 15.1 Å². The van der Waals surface area contributed by atoms with Gasteiger partial charge >= 0.3 is 0 Å². The first-order valence-electron chi connectivity index (χ1n) is 7.36. The van der Waals surface area contributed by atoms with Crippen molar-refractivity contribution in [2.75, 3.05) is 13.1 Å². The van der Waals surface area contributed by atoms with E-state index in [2.05, 4.69) is 0 Å². The Hall–Kier alpha value is -2.07. The van der Waals surface area contributed by atoms with E-state index in [4.69, 9.17) is 10.2 Å². The number of carbonyl (C=O) groups is 1. The highest BCUT2D eigenvalue weighted by Crippen LogP contribution is 2.14. The van der Waals surface area contributed by atoms with Crippen LogP contribution in [0.3, 0.4) is 0 Å². The molecule has 0 fully saturated rings.